The predicted molar refractivity (Wildman–Crippen MR) is 69.3 cm³/mol. The summed E-state index contributed by atoms with van der Waals surface area (Å²) < 4.78 is 3.06. The van der Waals surface area contributed by atoms with E-state index in [1.807, 2.05) is 30.9 Å². The summed E-state index contributed by atoms with van der Waals surface area (Å²) in [4.78, 5) is 8.66. The molecule has 1 N–H and O–H groups in total. The molecular formula is C12H13BrN4. The van der Waals surface area contributed by atoms with Crippen LogP contribution in [0.25, 0.3) is 5.82 Å². The minimum absolute atomic E-state index is 0.544. The van der Waals surface area contributed by atoms with Gasteiger partial charge in [0.15, 0.2) is 0 Å². The van der Waals surface area contributed by atoms with E-state index in [2.05, 4.69) is 35.8 Å². The standard InChI is InChI=1S/C12H13BrN4/c13-10-1-2-12(16-6-10)17-8-15-7-11(17)9-3-4-14-5-9/h1-2,6-9,14H,3-5H2. The zero-order chi connectivity index (χ0) is 11.7. The lowest BCUT2D eigenvalue weighted by molar-refractivity contribution is 0.708. The van der Waals surface area contributed by atoms with Gasteiger partial charge in [0.1, 0.15) is 12.1 Å². The van der Waals surface area contributed by atoms with Crippen molar-refractivity contribution in [2.75, 3.05) is 13.1 Å². The van der Waals surface area contributed by atoms with Crippen molar-refractivity contribution in [3.63, 3.8) is 0 Å². The van der Waals surface area contributed by atoms with Gasteiger partial charge in [-0.1, -0.05) is 0 Å². The summed E-state index contributed by atoms with van der Waals surface area (Å²) in [5.41, 5.74) is 1.24. The number of hydrogen-bond acceptors (Lipinski definition) is 3. The second-order valence-corrected chi connectivity index (χ2v) is 5.13. The number of hydrogen-bond donors (Lipinski definition) is 1. The van der Waals surface area contributed by atoms with Crippen LogP contribution < -0.4 is 5.32 Å². The number of nitrogens with zero attached hydrogens (tertiary/aromatic N) is 3. The molecule has 0 aromatic carbocycles. The van der Waals surface area contributed by atoms with Crippen LogP contribution in [0.15, 0.2) is 35.3 Å². The second kappa shape index (κ2) is 4.58. The Morgan fingerprint density at radius 2 is 2.29 bits per heavy atom. The van der Waals surface area contributed by atoms with Gasteiger partial charge in [-0.05, 0) is 41.0 Å². The lowest BCUT2D eigenvalue weighted by Crippen LogP contribution is -2.11. The van der Waals surface area contributed by atoms with Gasteiger partial charge >= 0.3 is 0 Å². The number of nitrogens with one attached hydrogen (secondary N) is 1. The SMILES string of the molecule is Brc1ccc(-n2cncc2C2CCNC2)nc1. The van der Waals surface area contributed by atoms with Crippen molar-refractivity contribution in [3.8, 4) is 5.82 Å². The molecule has 1 unspecified atom stereocenters. The smallest absolute Gasteiger partial charge is 0.138 e. The van der Waals surface area contributed by atoms with Gasteiger partial charge in [0.25, 0.3) is 0 Å². The molecule has 2 aromatic rings. The molecular weight excluding hydrogens is 280 g/mol. The third kappa shape index (κ3) is 2.12. The Bertz CT molecular complexity index is 499. The molecule has 1 fully saturated rings. The highest BCUT2D eigenvalue weighted by Gasteiger charge is 2.20. The minimum Gasteiger partial charge on any atom is -0.316 e. The third-order valence-electron chi connectivity index (χ3n) is 3.10. The Balaban J connectivity index is 1.97. The highest BCUT2D eigenvalue weighted by molar-refractivity contribution is 9.10. The van der Waals surface area contributed by atoms with E-state index < -0.39 is 0 Å². The highest BCUT2D eigenvalue weighted by atomic mass is 79.9. The van der Waals surface area contributed by atoms with E-state index in [1.165, 1.54) is 12.1 Å². The lowest BCUT2D eigenvalue weighted by atomic mass is 10.1. The number of imidazole rings is 1. The predicted octanol–water partition coefficient (Wildman–Crippen LogP) is 2.11. The van der Waals surface area contributed by atoms with E-state index in [-0.39, 0.29) is 0 Å². The molecule has 0 amide bonds. The maximum Gasteiger partial charge on any atom is 0.138 e. The second-order valence-electron chi connectivity index (χ2n) is 4.21. The molecule has 1 aliphatic heterocycles. The van der Waals surface area contributed by atoms with Gasteiger partial charge in [0.05, 0.1) is 0 Å². The molecule has 0 saturated carbocycles. The summed E-state index contributed by atoms with van der Waals surface area (Å²) in [6.07, 6.45) is 6.76. The van der Waals surface area contributed by atoms with Crippen molar-refractivity contribution in [1.82, 2.24) is 19.9 Å². The summed E-state index contributed by atoms with van der Waals surface area (Å²) in [6.45, 7) is 2.12. The average Bonchev–Trinajstić information content (AvgIpc) is 3.00. The summed E-state index contributed by atoms with van der Waals surface area (Å²) in [5, 5.41) is 3.38. The first-order valence-corrected chi connectivity index (χ1v) is 6.49. The van der Waals surface area contributed by atoms with E-state index in [1.54, 1.807) is 0 Å². The zero-order valence-electron chi connectivity index (χ0n) is 9.31. The van der Waals surface area contributed by atoms with E-state index in [0.29, 0.717) is 5.92 Å². The highest BCUT2D eigenvalue weighted by Crippen LogP contribution is 2.24. The van der Waals surface area contributed by atoms with E-state index >= 15 is 0 Å². The number of aromatic nitrogens is 3. The molecule has 0 radical (unpaired) electrons. The van der Waals surface area contributed by atoms with Crippen molar-refractivity contribution >= 4 is 15.9 Å². The first-order chi connectivity index (χ1) is 8.34. The maximum absolute atomic E-state index is 4.41. The Morgan fingerprint density at radius 1 is 1.35 bits per heavy atom. The normalized spacial score (nSPS) is 19.7. The van der Waals surface area contributed by atoms with Gasteiger partial charge in [-0.25, -0.2) is 9.97 Å². The van der Waals surface area contributed by atoms with Crippen LogP contribution in [0, 0.1) is 0 Å². The van der Waals surface area contributed by atoms with Gasteiger partial charge in [-0.15, -0.1) is 0 Å². The molecule has 0 bridgehead atoms. The molecule has 1 atom stereocenters. The number of pyridine rings is 1. The molecule has 88 valence electrons. The minimum atomic E-state index is 0.544. The lowest BCUT2D eigenvalue weighted by Gasteiger charge is -2.11. The molecule has 3 rings (SSSR count). The van der Waals surface area contributed by atoms with Crippen LogP contribution in [-0.4, -0.2) is 27.6 Å². The van der Waals surface area contributed by atoms with Gasteiger partial charge in [0.2, 0.25) is 0 Å². The summed E-state index contributed by atoms with van der Waals surface area (Å²) in [7, 11) is 0. The van der Waals surface area contributed by atoms with Gasteiger partial charge in [0, 0.05) is 35.0 Å². The van der Waals surface area contributed by atoms with Crippen LogP contribution in [0.4, 0.5) is 0 Å². The van der Waals surface area contributed by atoms with Crippen molar-refractivity contribution in [2.45, 2.75) is 12.3 Å². The van der Waals surface area contributed by atoms with Crippen LogP contribution in [0.3, 0.4) is 0 Å². The number of halogens is 1. The monoisotopic (exact) mass is 292 g/mol. The summed E-state index contributed by atoms with van der Waals surface area (Å²) in [6, 6.07) is 4.00. The van der Waals surface area contributed by atoms with Crippen molar-refractivity contribution in [1.29, 1.82) is 0 Å². The Kier molecular flexibility index (Phi) is 2.94. The molecule has 5 heteroatoms. The fourth-order valence-corrected chi connectivity index (χ4v) is 2.45. The Labute approximate surface area is 108 Å². The van der Waals surface area contributed by atoms with Crippen molar-refractivity contribution in [2.24, 2.45) is 0 Å². The summed E-state index contributed by atoms with van der Waals surface area (Å²) >= 11 is 3.40. The molecule has 1 saturated heterocycles. The van der Waals surface area contributed by atoms with Gasteiger partial charge in [-0.2, -0.15) is 0 Å². The van der Waals surface area contributed by atoms with Gasteiger partial charge < -0.3 is 5.32 Å². The van der Waals surface area contributed by atoms with Crippen LogP contribution in [0.1, 0.15) is 18.0 Å². The Morgan fingerprint density at radius 3 is 3.00 bits per heavy atom. The van der Waals surface area contributed by atoms with Crippen molar-refractivity contribution < 1.29 is 0 Å². The van der Waals surface area contributed by atoms with Crippen molar-refractivity contribution in [3.05, 3.63) is 41.0 Å². The fraction of sp³-hybridized carbons (Fsp3) is 0.333. The number of rotatable bonds is 2. The summed E-state index contributed by atoms with van der Waals surface area (Å²) in [5.74, 6) is 1.47. The maximum atomic E-state index is 4.41. The van der Waals surface area contributed by atoms with E-state index in [4.69, 9.17) is 0 Å². The first-order valence-electron chi connectivity index (χ1n) is 5.69. The third-order valence-corrected chi connectivity index (χ3v) is 3.57. The molecule has 0 aliphatic carbocycles. The molecule has 0 spiro atoms. The first kappa shape index (κ1) is 10.9. The average molecular weight is 293 g/mol. The molecule has 17 heavy (non-hydrogen) atoms. The van der Waals surface area contributed by atoms with E-state index in [9.17, 15) is 0 Å². The van der Waals surface area contributed by atoms with Crippen LogP contribution in [-0.2, 0) is 0 Å². The molecule has 1 aliphatic rings. The van der Waals surface area contributed by atoms with Crippen LogP contribution in [0.5, 0.6) is 0 Å². The zero-order valence-corrected chi connectivity index (χ0v) is 10.9. The quantitative estimate of drug-likeness (QED) is 0.922. The molecule has 2 aromatic heterocycles. The van der Waals surface area contributed by atoms with Gasteiger partial charge in [-0.3, -0.25) is 4.57 Å². The molecule has 3 heterocycles. The van der Waals surface area contributed by atoms with Crippen LogP contribution in [0.2, 0.25) is 0 Å². The van der Waals surface area contributed by atoms with E-state index in [0.717, 1.165) is 23.4 Å². The topological polar surface area (TPSA) is 42.7 Å². The largest absolute Gasteiger partial charge is 0.316 e. The van der Waals surface area contributed by atoms with Crippen LogP contribution >= 0.6 is 15.9 Å². The Hall–Kier alpha value is -1.20. The molecule has 4 nitrogen and oxygen atoms in total. The fourth-order valence-electron chi connectivity index (χ4n) is 2.22.